The van der Waals surface area contributed by atoms with E-state index in [0.717, 1.165) is 16.3 Å². The van der Waals surface area contributed by atoms with Gasteiger partial charge in [0.05, 0.1) is 30.4 Å². The third-order valence-corrected chi connectivity index (χ3v) is 4.82. The van der Waals surface area contributed by atoms with Gasteiger partial charge >= 0.3 is 0 Å². The highest BCUT2D eigenvalue weighted by molar-refractivity contribution is 7.10. The summed E-state index contributed by atoms with van der Waals surface area (Å²) in [6, 6.07) is 5.31. The van der Waals surface area contributed by atoms with Crippen molar-refractivity contribution in [2.75, 3.05) is 26.3 Å². The van der Waals surface area contributed by atoms with Crippen LogP contribution in [0.4, 0.5) is 0 Å². The normalized spacial score (nSPS) is 15.1. The molecule has 0 atom stereocenters. The lowest BCUT2D eigenvalue weighted by molar-refractivity contribution is -0.134. The van der Waals surface area contributed by atoms with Crippen LogP contribution in [0.5, 0.6) is 0 Å². The van der Waals surface area contributed by atoms with Crippen molar-refractivity contribution in [3.8, 4) is 11.3 Å². The summed E-state index contributed by atoms with van der Waals surface area (Å²) in [5.74, 6) is 0.0893. The van der Waals surface area contributed by atoms with Crippen LogP contribution in [0, 0.1) is 0 Å². The molecule has 1 aliphatic heterocycles. The summed E-state index contributed by atoms with van der Waals surface area (Å²) in [5.41, 5.74) is 1.60. The van der Waals surface area contributed by atoms with Crippen LogP contribution in [-0.2, 0) is 16.0 Å². The minimum absolute atomic E-state index is 0.0893. The van der Waals surface area contributed by atoms with E-state index in [2.05, 4.69) is 4.98 Å². The molecule has 0 saturated carbocycles. The van der Waals surface area contributed by atoms with Gasteiger partial charge in [-0.25, -0.2) is 4.98 Å². The highest BCUT2D eigenvalue weighted by Gasteiger charge is 2.19. The van der Waals surface area contributed by atoms with Crippen LogP contribution < -0.4 is 0 Å². The molecule has 1 fully saturated rings. The third kappa shape index (κ3) is 3.60. The van der Waals surface area contributed by atoms with E-state index in [-0.39, 0.29) is 5.91 Å². The number of ether oxygens (including phenoxy) is 1. The zero-order chi connectivity index (χ0) is 15.5. The number of aromatic nitrogens is 1. The van der Waals surface area contributed by atoms with E-state index in [1.807, 2.05) is 16.3 Å². The Morgan fingerprint density at radius 1 is 1.32 bits per heavy atom. The maximum Gasteiger partial charge on any atom is 0.229 e. The van der Waals surface area contributed by atoms with E-state index in [4.69, 9.17) is 27.9 Å². The van der Waals surface area contributed by atoms with Gasteiger partial charge in [0.2, 0.25) is 5.91 Å². The summed E-state index contributed by atoms with van der Waals surface area (Å²) in [6.45, 7) is 2.52. The molecule has 22 heavy (non-hydrogen) atoms. The molecule has 1 aliphatic rings. The van der Waals surface area contributed by atoms with Gasteiger partial charge in [-0.15, -0.1) is 11.3 Å². The van der Waals surface area contributed by atoms with Gasteiger partial charge in [0, 0.05) is 29.1 Å². The first-order chi connectivity index (χ1) is 10.6. The number of thiazole rings is 1. The molecule has 2 aromatic rings. The summed E-state index contributed by atoms with van der Waals surface area (Å²) in [5, 5.41) is 3.85. The van der Waals surface area contributed by atoms with Crippen LogP contribution >= 0.6 is 34.5 Å². The molecular formula is C15H14Cl2N2O2S. The van der Waals surface area contributed by atoms with Crippen LogP contribution in [0.3, 0.4) is 0 Å². The monoisotopic (exact) mass is 356 g/mol. The van der Waals surface area contributed by atoms with Crippen molar-refractivity contribution in [2.24, 2.45) is 0 Å². The number of rotatable bonds is 3. The lowest BCUT2D eigenvalue weighted by Gasteiger charge is -2.26. The van der Waals surface area contributed by atoms with Gasteiger partial charge in [0.1, 0.15) is 5.01 Å². The summed E-state index contributed by atoms with van der Waals surface area (Å²) in [4.78, 5) is 18.6. The van der Waals surface area contributed by atoms with Crippen molar-refractivity contribution < 1.29 is 9.53 Å². The Morgan fingerprint density at radius 2 is 2.09 bits per heavy atom. The summed E-state index contributed by atoms with van der Waals surface area (Å²) in [6.07, 6.45) is 0.315. The largest absolute Gasteiger partial charge is 0.378 e. The van der Waals surface area contributed by atoms with Crippen LogP contribution in [0.1, 0.15) is 5.01 Å². The van der Waals surface area contributed by atoms with Crippen molar-refractivity contribution in [2.45, 2.75) is 6.42 Å². The van der Waals surface area contributed by atoms with E-state index < -0.39 is 0 Å². The second-order valence-corrected chi connectivity index (χ2v) is 6.71. The molecule has 0 N–H and O–H groups in total. The Balaban J connectivity index is 1.72. The number of carbonyl (C=O) groups excluding carboxylic acids is 1. The number of halogens is 2. The number of hydrogen-bond acceptors (Lipinski definition) is 4. The van der Waals surface area contributed by atoms with Gasteiger partial charge in [-0.3, -0.25) is 4.79 Å². The van der Waals surface area contributed by atoms with Gasteiger partial charge in [0.25, 0.3) is 0 Å². The van der Waals surface area contributed by atoms with Crippen molar-refractivity contribution in [3.63, 3.8) is 0 Å². The van der Waals surface area contributed by atoms with E-state index in [9.17, 15) is 4.79 Å². The minimum atomic E-state index is 0.0893. The third-order valence-electron chi connectivity index (χ3n) is 3.43. The van der Waals surface area contributed by atoms with Crippen molar-refractivity contribution in [3.05, 3.63) is 38.6 Å². The van der Waals surface area contributed by atoms with Gasteiger partial charge in [-0.2, -0.15) is 0 Å². The van der Waals surface area contributed by atoms with Crippen molar-refractivity contribution in [1.82, 2.24) is 9.88 Å². The van der Waals surface area contributed by atoms with Crippen LogP contribution in [0.2, 0.25) is 10.0 Å². The molecule has 116 valence electrons. The number of nitrogens with zero attached hydrogens (tertiary/aromatic N) is 2. The number of amides is 1. The fourth-order valence-electron chi connectivity index (χ4n) is 2.27. The first-order valence-electron chi connectivity index (χ1n) is 6.89. The predicted octanol–water partition coefficient (Wildman–Crippen LogP) is 3.52. The lowest BCUT2D eigenvalue weighted by atomic mass is 10.2. The Bertz CT molecular complexity index is 684. The Labute approximate surface area is 142 Å². The molecule has 0 unspecified atom stereocenters. The molecule has 1 amide bonds. The van der Waals surface area contributed by atoms with Crippen molar-refractivity contribution in [1.29, 1.82) is 0 Å². The van der Waals surface area contributed by atoms with E-state index in [1.54, 1.807) is 12.1 Å². The molecule has 1 aromatic carbocycles. The number of hydrogen-bond donors (Lipinski definition) is 0. The first-order valence-corrected chi connectivity index (χ1v) is 8.52. The first kappa shape index (κ1) is 15.7. The maximum atomic E-state index is 12.2. The van der Waals surface area contributed by atoms with Gasteiger partial charge < -0.3 is 9.64 Å². The van der Waals surface area contributed by atoms with Crippen molar-refractivity contribution >= 4 is 40.4 Å². The maximum absolute atomic E-state index is 12.2. The molecular weight excluding hydrogens is 343 g/mol. The highest BCUT2D eigenvalue weighted by Crippen LogP contribution is 2.31. The van der Waals surface area contributed by atoms with Gasteiger partial charge in [-0.1, -0.05) is 23.2 Å². The smallest absolute Gasteiger partial charge is 0.229 e. The topological polar surface area (TPSA) is 42.4 Å². The molecule has 0 bridgehead atoms. The summed E-state index contributed by atoms with van der Waals surface area (Å²) < 4.78 is 5.25. The molecule has 7 heteroatoms. The molecule has 3 rings (SSSR count). The second-order valence-electron chi connectivity index (χ2n) is 4.92. The lowest BCUT2D eigenvalue weighted by Crippen LogP contribution is -2.41. The minimum Gasteiger partial charge on any atom is -0.378 e. The van der Waals surface area contributed by atoms with Gasteiger partial charge in [0.15, 0.2) is 0 Å². The molecule has 1 aromatic heterocycles. The van der Waals surface area contributed by atoms with Crippen LogP contribution in [0.25, 0.3) is 11.3 Å². The molecule has 0 spiro atoms. The van der Waals surface area contributed by atoms with E-state index in [1.165, 1.54) is 11.3 Å². The fraction of sp³-hybridized carbons (Fsp3) is 0.333. The standard InChI is InChI=1S/C15H14Cl2N2O2S/c16-10-1-2-11(12(17)7-10)13-9-22-14(18-13)8-15(20)19-3-5-21-6-4-19/h1-2,7,9H,3-6,8H2. The highest BCUT2D eigenvalue weighted by atomic mass is 35.5. The Kier molecular flexibility index (Phi) is 4.98. The quantitative estimate of drug-likeness (QED) is 0.844. The van der Waals surface area contributed by atoms with Crippen LogP contribution in [0.15, 0.2) is 23.6 Å². The number of carbonyl (C=O) groups is 1. The van der Waals surface area contributed by atoms with Gasteiger partial charge in [-0.05, 0) is 18.2 Å². The summed E-state index contributed by atoms with van der Waals surface area (Å²) in [7, 11) is 0. The average Bonchev–Trinajstić information content (AvgIpc) is 2.96. The molecule has 4 nitrogen and oxygen atoms in total. The zero-order valence-electron chi connectivity index (χ0n) is 11.7. The molecule has 2 heterocycles. The number of morpholine rings is 1. The molecule has 0 aliphatic carbocycles. The zero-order valence-corrected chi connectivity index (χ0v) is 14.0. The van der Waals surface area contributed by atoms with E-state index in [0.29, 0.717) is 42.8 Å². The Hall–Kier alpha value is -1.14. The summed E-state index contributed by atoms with van der Waals surface area (Å²) >= 11 is 13.6. The van der Waals surface area contributed by atoms with E-state index >= 15 is 0 Å². The fourth-order valence-corrected chi connectivity index (χ4v) is 3.56. The predicted molar refractivity (Wildman–Crippen MR) is 88.7 cm³/mol. The number of benzene rings is 1. The van der Waals surface area contributed by atoms with Crippen LogP contribution in [-0.4, -0.2) is 42.1 Å². The SMILES string of the molecule is O=C(Cc1nc(-c2ccc(Cl)cc2Cl)cs1)N1CCOCC1. The average molecular weight is 357 g/mol. The molecule has 1 saturated heterocycles. The molecule has 0 radical (unpaired) electrons. The Morgan fingerprint density at radius 3 is 2.82 bits per heavy atom. The second kappa shape index (κ2) is 6.96.